The summed E-state index contributed by atoms with van der Waals surface area (Å²) >= 11 is 1.89. The Hall–Kier alpha value is 0.310. The fourth-order valence-electron chi connectivity index (χ4n) is 2.30. The van der Waals surface area contributed by atoms with Gasteiger partial charge in [-0.15, -0.1) is 11.8 Å². The minimum Gasteiger partial charge on any atom is -0.308 e. The van der Waals surface area contributed by atoms with Gasteiger partial charge >= 0.3 is 0 Å². The lowest BCUT2D eigenvalue weighted by Gasteiger charge is -2.26. The van der Waals surface area contributed by atoms with Gasteiger partial charge in [0.15, 0.2) is 0 Å². The van der Waals surface area contributed by atoms with E-state index >= 15 is 0 Å². The Morgan fingerprint density at radius 3 is 2.82 bits per heavy atom. The number of hydrogen-bond acceptors (Lipinski definition) is 2. The standard InChI is InChI=1S/C9H17NS/c1-11-7-10-6-8-5-9(8)3-2-4-9/h8,10H,2-7H2,1H3. The van der Waals surface area contributed by atoms with Gasteiger partial charge in [-0.3, -0.25) is 0 Å². The molecule has 1 nitrogen and oxygen atoms in total. The van der Waals surface area contributed by atoms with Gasteiger partial charge in [0.05, 0.1) is 0 Å². The molecule has 0 heterocycles. The average Bonchev–Trinajstić information content (AvgIpc) is 2.62. The fourth-order valence-corrected chi connectivity index (χ4v) is 2.62. The molecule has 1 atom stereocenters. The van der Waals surface area contributed by atoms with Crippen molar-refractivity contribution in [1.82, 2.24) is 5.32 Å². The zero-order chi connectivity index (χ0) is 7.73. The first kappa shape index (κ1) is 7.93. The van der Waals surface area contributed by atoms with Crippen LogP contribution >= 0.6 is 11.8 Å². The number of nitrogens with one attached hydrogen (secondary N) is 1. The van der Waals surface area contributed by atoms with E-state index in [1.807, 2.05) is 11.8 Å². The topological polar surface area (TPSA) is 12.0 Å². The van der Waals surface area contributed by atoms with E-state index in [1.165, 1.54) is 32.2 Å². The molecule has 1 spiro atoms. The van der Waals surface area contributed by atoms with Crippen molar-refractivity contribution >= 4 is 11.8 Å². The Morgan fingerprint density at radius 1 is 1.55 bits per heavy atom. The molecule has 0 aromatic carbocycles. The summed E-state index contributed by atoms with van der Waals surface area (Å²) in [6, 6.07) is 0. The maximum absolute atomic E-state index is 3.48. The van der Waals surface area contributed by atoms with Crippen molar-refractivity contribution in [2.45, 2.75) is 25.7 Å². The minimum atomic E-state index is 0.866. The van der Waals surface area contributed by atoms with Crippen molar-refractivity contribution < 1.29 is 0 Å². The third kappa shape index (κ3) is 1.43. The van der Waals surface area contributed by atoms with Crippen molar-refractivity contribution in [2.75, 3.05) is 18.7 Å². The molecule has 2 aliphatic carbocycles. The summed E-state index contributed by atoms with van der Waals surface area (Å²) in [5.74, 6) is 2.18. The van der Waals surface area contributed by atoms with Crippen LogP contribution in [0, 0.1) is 11.3 Å². The van der Waals surface area contributed by atoms with Crippen molar-refractivity contribution in [1.29, 1.82) is 0 Å². The minimum absolute atomic E-state index is 0.866. The molecule has 0 saturated heterocycles. The van der Waals surface area contributed by atoms with Gasteiger partial charge in [-0.2, -0.15) is 0 Å². The molecular weight excluding hydrogens is 154 g/mol. The van der Waals surface area contributed by atoms with Gasteiger partial charge in [0.25, 0.3) is 0 Å². The Balaban J connectivity index is 1.60. The van der Waals surface area contributed by atoms with Crippen LogP contribution in [0.2, 0.25) is 0 Å². The van der Waals surface area contributed by atoms with Crippen LogP contribution in [0.4, 0.5) is 0 Å². The van der Waals surface area contributed by atoms with Gasteiger partial charge in [-0.1, -0.05) is 6.42 Å². The van der Waals surface area contributed by atoms with E-state index in [9.17, 15) is 0 Å². The molecule has 2 saturated carbocycles. The number of rotatable bonds is 4. The van der Waals surface area contributed by atoms with E-state index in [2.05, 4.69) is 11.6 Å². The van der Waals surface area contributed by atoms with E-state index in [1.54, 1.807) is 0 Å². The maximum Gasteiger partial charge on any atom is 0.0415 e. The van der Waals surface area contributed by atoms with Crippen LogP contribution in [0.5, 0.6) is 0 Å². The second kappa shape index (κ2) is 2.98. The molecule has 0 amide bonds. The molecule has 2 aliphatic rings. The molecule has 64 valence electrons. The van der Waals surface area contributed by atoms with Gasteiger partial charge in [0, 0.05) is 5.88 Å². The highest BCUT2D eigenvalue weighted by Crippen LogP contribution is 2.65. The van der Waals surface area contributed by atoms with E-state index < -0.39 is 0 Å². The van der Waals surface area contributed by atoms with Crippen LogP contribution in [0.15, 0.2) is 0 Å². The van der Waals surface area contributed by atoms with Gasteiger partial charge in [-0.25, -0.2) is 0 Å². The normalized spacial score (nSPS) is 31.9. The lowest BCUT2D eigenvalue weighted by atomic mass is 9.80. The molecule has 0 aromatic rings. The zero-order valence-corrected chi connectivity index (χ0v) is 8.04. The number of hydrogen-bond donors (Lipinski definition) is 1. The highest BCUT2D eigenvalue weighted by atomic mass is 32.2. The van der Waals surface area contributed by atoms with Crippen LogP contribution in [0.3, 0.4) is 0 Å². The van der Waals surface area contributed by atoms with Crippen LogP contribution in [0.25, 0.3) is 0 Å². The summed E-state index contributed by atoms with van der Waals surface area (Å²) < 4.78 is 0. The Morgan fingerprint density at radius 2 is 2.36 bits per heavy atom. The Bertz CT molecular complexity index is 142. The summed E-state index contributed by atoms with van der Waals surface area (Å²) in [6.07, 6.45) is 8.23. The van der Waals surface area contributed by atoms with E-state index in [0.717, 1.165) is 17.2 Å². The molecule has 1 N–H and O–H groups in total. The van der Waals surface area contributed by atoms with Gasteiger partial charge < -0.3 is 5.32 Å². The van der Waals surface area contributed by atoms with Crippen molar-refractivity contribution in [3.8, 4) is 0 Å². The fraction of sp³-hybridized carbons (Fsp3) is 1.00. The van der Waals surface area contributed by atoms with Gasteiger partial charge in [0.1, 0.15) is 0 Å². The smallest absolute Gasteiger partial charge is 0.0415 e. The van der Waals surface area contributed by atoms with Gasteiger partial charge in [-0.05, 0) is 43.4 Å². The SMILES string of the molecule is CSCNCC1CC12CCC2. The van der Waals surface area contributed by atoms with Crippen LogP contribution in [0.1, 0.15) is 25.7 Å². The first-order chi connectivity index (χ1) is 5.37. The molecule has 0 aromatic heterocycles. The highest BCUT2D eigenvalue weighted by Gasteiger charge is 2.56. The summed E-state index contributed by atoms with van der Waals surface area (Å²) in [4.78, 5) is 0. The second-order valence-electron chi connectivity index (χ2n) is 4.00. The quantitative estimate of drug-likeness (QED) is 0.513. The molecular formula is C9H17NS. The van der Waals surface area contributed by atoms with Crippen molar-refractivity contribution in [3.63, 3.8) is 0 Å². The molecule has 0 radical (unpaired) electrons. The van der Waals surface area contributed by atoms with Crippen molar-refractivity contribution in [2.24, 2.45) is 11.3 Å². The monoisotopic (exact) mass is 171 g/mol. The van der Waals surface area contributed by atoms with E-state index in [0.29, 0.717) is 0 Å². The first-order valence-electron chi connectivity index (χ1n) is 4.57. The molecule has 1 unspecified atom stereocenters. The molecule has 0 bridgehead atoms. The summed E-state index contributed by atoms with van der Waals surface area (Å²) in [6.45, 7) is 1.28. The van der Waals surface area contributed by atoms with Crippen molar-refractivity contribution in [3.05, 3.63) is 0 Å². The molecule has 2 heteroatoms. The third-order valence-electron chi connectivity index (χ3n) is 3.35. The average molecular weight is 171 g/mol. The van der Waals surface area contributed by atoms with E-state index in [4.69, 9.17) is 0 Å². The summed E-state index contributed by atoms with van der Waals surface area (Å²) in [5, 5.41) is 3.48. The molecule has 11 heavy (non-hydrogen) atoms. The Kier molecular flexibility index (Phi) is 2.15. The zero-order valence-electron chi connectivity index (χ0n) is 7.23. The largest absolute Gasteiger partial charge is 0.308 e. The summed E-state index contributed by atoms with van der Waals surface area (Å²) in [7, 11) is 0. The van der Waals surface area contributed by atoms with Crippen LogP contribution < -0.4 is 5.32 Å². The predicted octanol–water partition coefficient (Wildman–Crippen LogP) is 2.09. The van der Waals surface area contributed by atoms with Crippen LogP contribution in [-0.4, -0.2) is 18.7 Å². The van der Waals surface area contributed by atoms with E-state index in [-0.39, 0.29) is 0 Å². The summed E-state index contributed by atoms with van der Waals surface area (Å²) in [5.41, 5.74) is 0.866. The van der Waals surface area contributed by atoms with Crippen LogP contribution in [-0.2, 0) is 0 Å². The maximum atomic E-state index is 3.48. The third-order valence-corrected chi connectivity index (χ3v) is 3.84. The molecule has 2 fully saturated rings. The first-order valence-corrected chi connectivity index (χ1v) is 5.96. The lowest BCUT2D eigenvalue weighted by molar-refractivity contribution is 0.257. The second-order valence-corrected chi connectivity index (χ2v) is 4.87. The Labute approximate surface area is 73.3 Å². The van der Waals surface area contributed by atoms with Gasteiger partial charge in [0.2, 0.25) is 0 Å². The molecule has 0 aliphatic heterocycles. The highest BCUT2D eigenvalue weighted by molar-refractivity contribution is 7.98. The number of thioether (sulfide) groups is 1. The molecule has 2 rings (SSSR count). The predicted molar refractivity (Wildman–Crippen MR) is 50.8 cm³/mol. The lowest BCUT2D eigenvalue weighted by Crippen LogP contribution is -2.22.